The number of nitrogens with zero attached hydrogens (tertiary/aromatic N) is 2. The summed E-state index contributed by atoms with van der Waals surface area (Å²) in [5.41, 5.74) is 2.01. The third kappa shape index (κ3) is 3.66. The number of methoxy groups -OCH3 is 2. The first-order valence-corrected chi connectivity index (χ1v) is 7.90. The number of rotatable bonds is 6. The number of carbonyl (C=O) groups excluding carboxylic acids is 1. The molecule has 0 aliphatic rings. The smallest absolute Gasteiger partial charge is 0.338 e. The van der Waals surface area contributed by atoms with Gasteiger partial charge in [0, 0.05) is 0 Å². The Hall–Kier alpha value is -3.35. The Labute approximate surface area is 150 Å². The van der Waals surface area contributed by atoms with Gasteiger partial charge in [-0.3, -0.25) is 0 Å². The minimum Gasteiger partial charge on any atom is -0.496 e. The second-order valence-electron chi connectivity index (χ2n) is 5.47. The minimum absolute atomic E-state index is 0.128. The Balaban J connectivity index is 1.69. The highest BCUT2D eigenvalue weighted by Gasteiger charge is 2.15. The molecule has 0 aliphatic heterocycles. The van der Waals surface area contributed by atoms with Gasteiger partial charge in [-0.25, -0.2) is 4.79 Å². The van der Waals surface area contributed by atoms with E-state index in [1.54, 1.807) is 38.5 Å². The lowest BCUT2D eigenvalue weighted by Crippen LogP contribution is -2.06. The first-order valence-electron chi connectivity index (χ1n) is 7.90. The molecule has 0 unspecified atom stereocenters. The second kappa shape index (κ2) is 7.69. The summed E-state index contributed by atoms with van der Waals surface area (Å²) in [5, 5.41) is 3.91. The van der Waals surface area contributed by atoms with Crippen molar-refractivity contribution in [3.8, 4) is 22.9 Å². The van der Waals surface area contributed by atoms with Crippen molar-refractivity contribution >= 4 is 5.97 Å². The fourth-order valence-electron chi connectivity index (χ4n) is 2.41. The van der Waals surface area contributed by atoms with Gasteiger partial charge < -0.3 is 18.7 Å². The van der Waals surface area contributed by atoms with E-state index in [2.05, 4.69) is 10.1 Å². The summed E-state index contributed by atoms with van der Waals surface area (Å²) in [4.78, 5) is 16.4. The van der Waals surface area contributed by atoms with Gasteiger partial charge in [0.25, 0.3) is 5.89 Å². The molecule has 3 rings (SSSR count). The molecule has 3 aromatic rings. The molecule has 26 heavy (non-hydrogen) atoms. The van der Waals surface area contributed by atoms with Crippen LogP contribution < -0.4 is 9.47 Å². The van der Waals surface area contributed by atoms with Crippen LogP contribution in [0, 0.1) is 6.92 Å². The van der Waals surface area contributed by atoms with Gasteiger partial charge in [0.2, 0.25) is 5.82 Å². The van der Waals surface area contributed by atoms with Gasteiger partial charge in [-0.05, 0) is 36.8 Å². The topological polar surface area (TPSA) is 83.7 Å². The molecule has 0 fully saturated rings. The van der Waals surface area contributed by atoms with Crippen molar-refractivity contribution < 1.29 is 23.5 Å². The molecule has 1 aromatic heterocycles. The fourth-order valence-corrected chi connectivity index (χ4v) is 2.41. The number of ether oxygens (including phenoxy) is 3. The van der Waals surface area contributed by atoms with Gasteiger partial charge >= 0.3 is 5.97 Å². The zero-order valence-corrected chi connectivity index (χ0v) is 14.7. The largest absolute Gasteiger partial charge is 0.496 e. The highest BCUT2D eigenvalue weighted by atomic mass is 16.6. The minimum atomic E-state index is -0.500. The molecule has 0 amide bonds. The number of aromatic nitrogens is 2. The Kier molecular flexibility index (Phi) is 5.17. The molecule has 0 N–H and O–H groups in total. The summed E-state index contributed by atoms with van der Waals surface area (Å²) in [6.45, 7) is 1.77. The summed E-state index contributed by atoms with van der Waals surface area (Å²) in [6, 6.07) is 12.4. The fraction of sp³-hybridized carbons (Fsp3) is 0.211. The number of benzene rings is 2. The van der Waals surface area contributed by atoms with Gasteiger partial charge in [-0.1, -0.05) is 23.4 Å². The van der Waals surface area contributed by atoms with E-state index < -0.39 is 5.97 Å². The van der Waals surface area contributed by atoms with Crippen LogP contribution in [-0.4, -0.2) is 30.3 Å². The van der Waals surface area contributed by atoms with E-state index in [0.717, 1.165) is 5.56 Å². The summed E-state index contributed by atoms with van der Waals surface area (Å²) < 4.78 is 20.9. The van der Waals surface area contributed by atoms with E-state index in [4.69, 9.17) is 18.7 Å². The van der Waals surface area contributed by atoms with Crippen LogP contribution in [0.15, 0.2) is 47.0 Å². The standard InChI is InChI=1S/C19H18N2O5/c1-12-8-9-13(10-16(12)24-3)19(22)25-11-17-20-18(21-26-17)14-6-4-5-7-15(14)23-2/h4-10H,11H2,1-3H3. The lowest BCUT2D eigenvalue weighted by atomic mass is 10.1. The van der Waals surface area contributed by atoms with E-state index in [1.807, 2.05) is 25.1 Å². The zero-order valence-electron chi connectivity index (χ0n) is 14.7. The lowest BCUT2D eigenvalue weighted by Gasteiger charge is -2.07. The van der Waals surface area contributed by atoms with Crippen molar-refractivity contribution in [1.82, 2.24) is 10.1 Å². The van der Waals surface area contributed by atoms with E-state index in [1.165, 1.54) is 0 Å². The maximum absolute atomic E-state index is 12.2. The molecule has 7 heteroatoms. The molecule has 0 atom stereocenters. The van der Waals surface area contributed by atoms with Crippen LogP contribution >= 0.6 is 0 Å². The van der Waals surface area contributed by atoms with Crippen LogP contribution in [-0.2, 0) is 11.3 Å². The van der Waals surface area contributed by atoms with Gasteiger partial charge in [-0.15, -0.1) is 0 Å². The van der Waals surface area contributed by atoms with Gasteiger partial charge in [0.05, 0.1) is 25.3 Å². The normalized spacial score (nSPS) is 10.4. The summed E-state index contributed by atoms with van der Waals surface area (Å²) >= 11 is 0. The Morgan fingerprint density at radius 2 is 1.85 bits per heavy atom. The molecular formula is C19H18N2O5. The zero-order chi connectivity index (χ0) is 18.5. The average Bonchev–Trinajstić information content (AvgIpc) is 3.15. The quantitative estimate of drug-likeness (QED) is 0.627. The molecule has 1 heterocycles. The van der Waals surface area contributed by atoms with E-state index in [0.29, 0.717) is 28.5 Å². The van der Waals surface area contributed by atoms with Gasteiger partial charge in [-0.2, -0.15) is 4.98 Å². The van der Waals surface area contributed by atoms with Crippen molar-refractivity contribution in [1.29, 1.82) is 0 Å². The van der Waals surface area contributed by atoms with Crippen molar-refractivity contribution in [2.75, 3.05) is 14.2 Å². The predicted octanol–water partition coefficient (Wildman–Crippen LogP) is 3.42. The Morgan fingerprint density at radius 3 is 2.62 bits per heavy atom. The highest BCUT2D eigenvalue weighted by molar-refractivity contribution is 5.90. The van der Waals surface area contributed by atoms with Crippen LogP contribution in [0.4, 0.5) is 0 Å². The van der Waals surface area contributed by atoms with Crippen LogP contribution in [0.1, 0.15) is 21.8 Å². The molecule has 7 nitrogen and oxygen atoms in total. The molecule has 0 radical (unpaired) electrons. The Bertz CT molecular complexity index is 920. The van der Waals surface area contributed by atoms with Gasteiger partial charge in [0.1, 0.15) is 11.5 Å². The lowest BCUT2D eigenvalue weighted by molar-refractivity contribution is 0.0429. The number of aryl methyl sites for hydroxylation is 1. The summed E-state index contributed by atoms with van der Waals surface area (Å²) in [7, 11) is 3.12. The SMILES string of the molecule is COc1cc(C(=O)OCc2nc(-c3ccccc3OC)no2)ccc1C. The molecule has 2 aromatic carbocycles. The van der Waals surface area contributed by atoms with E-state index in [9.17, 15) is 4.79 Å². The van der Waals surface area contributed by atoms with E-state index in [-0.39, 0.29) is 12.5 Å². The number of para-hydroxylation sites is 1. The van der Waals surface area contributed by atoms with Crippen molar-refractivity contribution in [2.45, 2.75) is 13.5 Å². The number of esters is 1. The van der Waals surface area contributed by atoms with Crippen molar-refractivity contribution in [3.05, 3.63) is 59.5 Å². The van der Waals surface area contributed by atoms with E-state index >= 15 is 0 Å². The molecule has 0 aliphatic carbocycles. The number of hydrogen-bond acceptors (Lipinski definition) is 7. The van der Waals surface area contributed by atoms with Crippen LogP contribution in [0.25, 0.3) is 11.4 Å². The Morgan fingerprint density at radius 1 is 1.08 bits per heavy atom. The molecule has 0 saturated carbocycles. The van der Waals surface area contributed by atoms with Crippen molar-refractivity contribution in [3.63, 3.8) is 0 Å². The monoisotopic (exact) mass is 354 g/mol. The third-order valence-electron chi connectivity index (χ3n) is 3.79. The highest BCUT2D eigenvalue weighted by Crippen LogP contribution is 2.27. The number of carbonyl (C=O) groups is 1. The first kappa shape index (κ1) is 17.5. The van der Waals surface area contributed by atoms with Gasteiger partial charge in [0.15, 0.2) is 6.61 Å². The molecule has 134 valence electrons. The maximum atomic E-state index is 12.2. The molecule has 0 saturated heterocycles. The average molecular weight is 354 g/mol. The predicted molar refractivity (Wildman–Crippen MR) is 93.1 cm³/mol. The van der Waals surface area contributed by atoms with Crippen LogP contribution in [0.5, 0.6) is 11.5 Å². The second-order valence-corrected chi connectivity index (χ2v) is 5.47. The maximum Gasteiger partial charge on any atom is 0.338 e. The van der Waals surface area contributed by atoms with Crippen LogP contribution in [0.3, 0.4) is 0 Å². The summed E-state index contributed by atoms with van der Waals surface area (Å²) in [6.07, 6.45) is 0. The molecular weight excluding hydrogens is 336 g/mol. The third-order valence-corrected chi connectivity index (χ3v) is 3.79. The molecule has 0 spiro atoms. The van der Waals surface area contributed by atoms with Crippen molar-refractivity contribution in [2.24, 2.45) is 0 Å². The number of hydrogen-bond donors (Lipinski definition) is 0. The van der Waals surface area contributed by atoms with Crippen LogP contribution in [0.2, 0.25) is 0 Å². The first-order chi connectivity index (χ1) is 12.6. The molecule has 0 bridgehead atoms. The summed E-state index contributed by atoms with van der Waals surface area (Å²) in [5.74, 6) is 1.31.